The van der Waals surface area contributed by atoms with Gasteiger partial charge in [-0.15, -0.1) is 0 Å². The van der Waals surface area contributed by atoms with Crippen LogP contribution in [0.15, 0.2) is 22.7 Å². The number of carbonyl (C=O) groups is 1. The minimum absolute atomic E-state index is 0.140. The van der Waals surface area contributed by atoms with Crippen molar-refractivity contribution in [2.45, 2.75) is 32.6 Å². The second-order valence-corrected chi connectivity index (χ2v) is 6.09. The monoisotopic (exact) mass is 282 g/mol. The predicted octanol–water partition coefficient (Wildman–Crippen LogP) is 3.51. The summed E-state index contributed by atoms with van der Waals surface area (Å²) in [7, 11) is 0. The molecular weight excluding hydrogens is 268 g/mol. The Bertz CT molecular complexity index is 465. The molecule has 1 N–H and O–H groups in total. The van der Waals surface area contributed by atoms with Crippen molar-refractivity contribution >= 4 is 21.9 Å². The van der Waals surface area contributed by atoms with Gasteiger partial charge in [-0.05, 0) is 36.0 Å². The first kappa shape index (κ1) is 11.6. The van der Waals surface area contributed by atoms with Gasteiger partial charge in [0.05, 0.1) is 5.41 Å². The number of carboxylic acids is 1. The van der Waals surface area contributed by atoms with Crippen molar-refractivity contribution in [2.75, 3.05) is 0 Å². The molecule has 0 spiro atoms. The van der Waals surface area contributed by atoms with Gasteiger partial charge >= 0.3 is 5.97 Å². The minimum atomic E-state index is -0.709. The highest BCUT2D eigenvalue weighted by Gasteiger charge is 2.67. The van der Waals surface area contributed by atoms with Crippen LogP contribution in [0.2, 0.25) is 0 Å². The number of carboxylic acid groups (broad SMARTS) is 1. The molecule has 16 heavy (non-hydrogen) atoms. The van der Waals surface area contributed by atoms with Crippen molar-refractivity contribution in [1.82, 2.24) is 0 Å². The lowest BCUT2D eigenvalue weighted by Gasteiger charge is -2.17. The van der Waals surface area contributed by atoms with Crippen LogP contribution in [0.4, 0.5) is 0 Å². The highest BCUT2D eigenvalue weighted by atomic mass is 79.9. The number of hydrogen-bond donors (Lipinski definition) is 1. The molecule has 1 aromatic rings. The maximum absolute atomic E-state index is 11.5. The van der Waals surface area contributed by atoms with Gasteiger partial charge in [0, 0.05) is 4.47 Å². The van der Waals surface area contributed by atoms with E-state index in [4.69, 9.17) is 0 Å². The normalized spacial score (nSPS) is 26.5. The fourth-order valence-electron chi connectivity index (χ4n) is 2.51. The molecule has 1 aromatic carbocycles. The van der Waals surface area contributed by atoms with E-state index in [2.05, 4.69) is 15.9 Å². The van der Waals surface area contributed by atoms with Gasteiger partial charge in [0.1, 0.15) is 0 Å². The predicted molar refractivity (Wildman–Crippen MR) is 66.6 cm³/mol. The van der Waals surface area contributed by atoms with Gasteiger partial charge in [-0.3, -0.25) is 4.79 Å². The zero-order valence-corrected chi connectivity index (χ0v) is 11.3. The van der Waals surface area contributed by atoms with E-state index < -0.39 is 11.4 Å². The number of halogens is 1. The number of benzene rings is 1. The van der Waals surface area contributed by atoms with Crippen molar-refractivity contribution in [2.24, 2.45) is 5.41 Å². The van der Waals surface area contributed by atoms with Crippen LogP contribution >= 0.6 is 15.9 Å². The lowest BCUT2D eigenvalue weighted by molar-refractivity contribution is -0.141. The van der Waals surface area contributed by atoms with E-state index in [0.717, 1.165) is 22.0 Å². The van der Waals surface area contributed by atoms with Crippen LogP contribution in [0, 0.1) is 12.3 Å². The first-order valence-corrected chi connectivity index (χ1v) is 6.10. The Kier molecular flexibility index (Phi) is 2.42. The molecule has 1 aliphatic rings. The minimum Gasteiger partial charge on any atom is -0.481 e. The fraction of sp³-hybridized carbons (Fsp3) is 0.462. The molecule has 0 bridgehead atoms. The van der Waals surface area contributed by atoms with Crippen LogP contribution in [0.1, 0.15) is 31.4 Å². The lowest BCUT2D eigenvalue weighted by atomic mass is 9.87. The van der Waals surface area contributed by atoms with Gasteiger partial charge in [0.15, 0.2) is 0 Å². The molecule has 0 aliphatic heterocycles. The summed E-state index contributed by atoms with van der Waals surface area (Å²) >= 11 is 3.43. The molecule has 1 atom stereocenters. The molecule has 1 saturated carbocycles. The molecule has 0 saturated heterocycles. The standard InChI is InChI=1S/C13H15BrO2/c1-8-6-9(4-5-10(8)14)13(11(15)16)7-12(13,2)3/h4-6H,7H2,1-3H3,(H,15,16). The molecule has 0 aromatic heterocycles. The van der Waals surface area contributed by atoms with Crippen molar-refractivity contribution in [1.29, 1.82) is 0 Å². The Morgan fingerprint density at radius 3 is 2.38 bits per heavy atom. The lowest BCUT2D eigenvalue weighted by Crippen LogP contribution is -2.25. The second kappa shape index (κ2) is 3.33. The average molecular weight is 283 g/mol. The van der Waals surface area contributed by atoms with Crippen LogP contribution in [-0.4, -0.2) is 11.1 Å². The zero-order valence-electron chi connectivity index (χ0n) is 9.67. The Morgan fingerprint density at radius 2 is 2.00 bits per heavy atom. The van der Waals surface area contributed by atoms with E-state index in [0.29, 0.717) is 0 Å². The average Bonchev–Trinajstić information content (AvgIpc) is 2.75. The third-order valence-corrected chi connectivity index (χ3v) is 4.64. The summed E-state index contributed by atoms with van der Waals surface area (Å²) in [6.45, 7) is 6.01. The number of hydrogen-bond acceptors (Lipinski definition) is 1. The van der Waals surface area contributed by atoms with Crippen LogP contribution in [-0.2, 0) is 10.2 Å². The van der Waals surface area contributed by atoms with Crippen molar-refractivity contribution < 1.29 is 9.90 Å². The first-order valence-electron chi connectivity index (χ1n) is 5.31. The highest BCUT2D eigenvalue weighted by Crippen LogP contribution is 2.64. The summed E-state index contributed by atoms with van der Waals surface area (Å²) in [6, 6.07) is 5.83. The Balaban J connectivity index is 2.51. The maximum Gasteiger partial charge on any atom is 0.314 e. The summed E-state index contributed by atoms with van der Waals surface area (Å²) in [4.78, 5) is 11.5. The number of aliphatic carboxylic acids is 1. The summed E-state index contributed by atoms with van der Waals surface area (Å²) < 4.78 is 1.02. The molecule has 1 unspecified atom stereocenters. The third-order valence-electron chi connectivity index (χ3n) is 3.75. The second-order valence-electron chi connectivity index (χ2n) is 5.24. The van der Waals surface area contributed by atoms with Gasteiger partial charge < -0.3 is 5.11 Å². The number of aryl methyl sites for hydroxylation is 1. The van der Waals surface area contributed by atoms with E-state index in [1.165, 1.54) is 0 Å². The van der Waals surface area contributed by atoms with Gasteiger partial charge in [-0.25, -0.2) is 0 Å². The molecule has 2 rings (SSSR count). The highest BCUT2D eigenvalue weighted by molar-refractivity contribution is 9.10. The van der Waals surface area contributed by atoms with Gasteiger partial charge in [0.25, 0.3) is 0 Å². The molecule has 1 aliphatic carbocycles. The van der Waals surface area contributed by atoms with Gasteiger partial charge in [0.2, 0.25) is 0 Å². The Morgan fingerprint density at radius 1 is 1.44 bits per heavy atom. The van der Waals surface area contributed by atoms with E-state index in [9.17, 15) is 9.90 Å². The summed E-state index contributed by atoms with van der Waals surface area (Å²) in [6.07, 6.45) is 0.719. The molecule has 86 valence electrons. The van der Waals surface area contributed by atoms with Crippen LogP contribution in [0.25, 0.3) is 0 Å². The van der Waals surface area contributed by atoms with Gasteiger partial charge in [-0.1, -0.05) is 41.9 Å². The third kappa shape index (κ3) is 1.41. The van der Waals surface area contributed by atoms with Crippen molar-refractivity contribution in [3.8, 4) is 0 Å². The van der Waals surface area contributed by atoms with Crippen LogP contribution in [0.5, 0.6) is 0 Å². The van der Waals surface area contributed by atoms with E-state index in [1.807, 2.05) is 39.0 Å². The molecule has 3 heteroatoms. The van der Waals surface area contributed by atoms with Crippen LogP contribution < -0.4 is 0 Å². The quantitative estimate of drug-likeness (QED) is 0.901. The largest absolute Gasteiger partial charge is 0.481 e. The summed E-state index contributed by atoms with van der Waals surface area (Å²) in [5, 5.41) is 9.44. The molecule has 0 radical (unpaired) electrons. The smallest absolute Gasteiger partial charge is 0.314 e. The SMILES string of the molecule is Cc1cc(C2(C(=O)O)CC2(C)C)ccc1Br. The number of rotatable bonds is 2. The molecule has 1 fully saturated rings. The fourth-order valence-corrected chi connectivity index (χ4v) is 2.76. The molecular formula is C13H15BrO2. The molecule has 0 heterocycles. The first-order chi connectivity index (χ1) is 7.31. The van der Waals surface area contributed by atoms with Crippen molar-refractivity contribution in [3.05, 3.63) is 33.8 Å². The maximum atomic E-state index is 11.5. The summed E-state index contributed by atoms with van der Waals surface area (Å²) in [5.41, 5.74) is 1.18. The van der Waals surface area contributed by atoms with Crippen molar-refractivity contribution in [3.63, 3.8) is 0 Å². The van der Waals surface area contributed by atoms with Gasteiger partial charge in [-0.2, -0.15) is 0 Å². The zero-order chi connectivity index (χ0) is 12.1. The van der Waals surface area contributed by atoms with E-state index in [1.54, 1.807) is 0 Å². The van der Waals surface area contributed by atoms with Crippen LogP contribution in [0.3, 0.4) is 0 Å². The summed E-state index contributed by atoms with van der Waals surface area (Å²) in [5.74, 6) is -0.709. The Labute approximate surface area is 104 Å². The van der Waals surface area contributed by atoms with E-state index in [-0.39, 0.29) is 5.41 Å². The molecule has 2 nitrogen and oxygen atoms in total. The molecule has 0 amide bonds. The topological polar surface area (TPSA) is 37.3 Å². The Hall–Kier alpha value is -0.830. The van der Waals surface area contributed by atoms with E-state index >= 15 is 0 Å².